The lowest BCUT2D eigenvalue weighted by atomic mass is 10.2. The van der Waals surface area contributed by atoms with Crippen LogP contribution in [-0.4, -0.2) is 43.2 Å². The number of aryl methyl sites for hydroxylation is 1. The van der Waals surface area contributed by atoms with Crippen molar-refractivity contribution in [2.75, 3.05) is 12.4 Å². The molecule has 0 radical (unpaired) electrons. The molecule has 0 saturated carbocycles. The summed E-state index contributed by atoms with van der Waals surface area (Å²) in [6.07, 6.45) is 0.130. The van der Waals surface area contributed by atoms with E-state index in [4.69, 9.17) is 4.74 Å². The van der Waals surface area contributed by atoms with Crippen LogP contribution in [-0.2, 0) is 22.6 Å². The van der Waals surface area contributed by atoms with Crippen molar-refractivity contribution in [2.45, 2.75) is 26.9 Å². The molecule has 2 heterocycles. The molecule has 0 unspecified atom stereocenters. The summed E-state index contributed by atoms with van der Waals surface area (Å²) in [4.78, 5) is 27.9. The molecule has 10 heteroatoms. The molecule has 0 aliphatic carbocycles. The van der Waals surface area contributed by atoms with Crippen LogP contribution in [0.15, 0.2) is 24.3 Å². The zero-order valence-corrected chi connectivity index (χ0v) is 15.9. The molecule has 0 spiro atoms. The third kappa shape index (κ3) is 4.41. The quantitative estimate of drug-likeness (QED) is 0.660. The van der Waals surface area contributed by atoms with E-state index in [1.807, 2.05) is 31.2 Å². The number of hydrogen-bond donors (Lipinski definition) is 1. The van der Waals surface area contributed by atoms with Gasteiger partial charge in [0.2, 0.25) is 5.13 Å². The second-order valence-electron chi connectivity index (χ2n) is 5.91. The Hall–Kier alpha value is -2.98. The molecule has 0 saturated heterocycles. The molecule has 0 aliphatic rings. The number of amides is 1. The summed E-state index contributed by atoms with van der Waals surface area (Å²) in [6, 6.07) is 7.68. The summed E-state index contributed by atoms with van der Waals surface area (Å²) < 4.78 is 10.8. The van der Waals surface area contributed by atoms with Crippen molar-refractivity contribution in [3.05, 3.63) is 47.0 Å². The van der Waals surface area contributed by atoms with Crippen molar-refractivity contribution in [1.82, 2.24) is 24.4 Å². The minimum atomic E-state index is -0.467. The molecule has 1 N–H and O–H groups in total. The minimum Gasteiger partial charge on any atom is -0.378 e. The fourth-order valence-electron chi connectivity index (χ4n) is 2.39. The van der Waals surface area contributed by atoms with Gasteiger partial charge in [0.1, 0.15) is 11.5 Å². The lowest BCUT2D eigenvalue weighted by Crippen LogP contribution is -2.16. The first-order chi connectivity index (χ1) is 13.0. The average Bonchev–Trinajstić information content (AvgIpc) is 3.22. The molecule has 27 heavy (non-hydrogen) atoms. The summed E-state index contributed by atoms with van der Waals surface area (Å²) in [7, 11) is 1.53. The fourth-order valence-corrected chi connectivity index (χ4v) is 2.97. The highest BCUT2D eigenvalue weighted by atomic mass is 32.1. The van der Waals surface area contributed by atoms with Crippen LogP contribution in [0.3, 0.4) is 0 Å². The molecule has 0 aliphatic heterocycles. The summed E-state index contributed by atoms with van der Waals surface area (Å²) in [6.45, 7) is 3.61. The molecule has 3 aromatic rings. The maximum Gasteiger partial charge on any atom is 0.280 e. The Morgan fingerprint density at radius 3 is 2.67 bits per heavy atom. The Bertz CT molecular complexity index is 963. The van der Waals surface area contributed by atoms with Crippen LogP contribution in [0.2, 0.25) is 0 Å². The van der Waals surface area contributed by atoms with Gasteiger partial charge in [0.25, 0.3) is 5.91 Å². The maximum absolute atomic E-state index is 12.6. The van der Waals surface area contributed by atoms with Gasteiger partial charge >= 0.3 is 0 Å². The molecule has 0 bridgehead atoms. The molecule has 3 rings (SSSR count). The van der Waals surface area contributed by atoms with Gasteiger partial charge in [0.05, 0.1) is 18.7 Å². The van der Waals surface area contributed by atoms with Gasteiger partial charge in [-0.1, -0.05) is 22.9 Å². The first-order valence-electron chi connectivity index (χ1n) is 8.12. The number of carbonyl (C=O) groups is 2. The predicted octanol–water partition coefficient (Wildman–Crippen LogP) is 1.96. The molecule has 1 aromatic carbocycles. The highest BCUT2D eigenvalue weighted by molar-refractivity contribution is 7.09. The largest absolute Gasteiger partial charge is 0.378 e. The third-order valence-electron chi connectivity index (χ3n) is 3.63. The van der Waals surface area contributed by atoms with Crippen molar-refractivity contribution in [1.29, 1.82) is 0 Å². The van der Waals surface area contributed by atoms with E-state index in [0.29, 0.717) is 16.6 Å². The van der Waals surface area contributed by atoms with Gasteiger partial charge in [-0.2, -0.15) is 4.37 Å². The van der Waals surface area contributed by atoms with Crippen molar-refractivity contribution < 1.29 is 14.3 Å². The molecule has 9 nitrogen and oxygen atoms in total. The third-order valence-corrected chi connectivity index (χ3v) is 4.30. The molecular weight excluding hydrogens is 368 g/mol. The van der Waals surface area contributed by atoms with Crippen molar-refractivity contribution >= 4 is 28.4 Å². The zero-order valence-electron chi connectivity index (χ0n) is 15.1. The summed E-state index contributed by atoms with van der Waals surface area (Å²) in [5.41, 5.74) is 2.55. The summed E-state index contributed by atoms with van der Waals surface area (Å²) in [5, 5.41) is 11.0. The van der Waals surface area contributed by atoms with Crippen LogP contribution < -0.4 is 5.32 Å². The molecule has 1 amide bonds. The zero-order chi connectivity index (χ0) is 19.4. The standard InChI is InChI=1S/C17H18N6O3S/c1-10-4-6-12(7-5-10)23-13(9-26-3)15(20-22-23)16(25)19-17-18-14(21-27-17)8-11(2)24/h4-7H,8-9H2,1-3H3,(H,18,19,21,25). The van der Waals surface area contributed by atoms with Gasteiger partial charge < -0.3 is 4.74 Å². The number of nitrogens with zero attached hydrogens (tertiary/aromatic N) is 5. The smallest absolute Gasteiger partial charge is 0.280 e. The van der Waals surface area contributed by atoms with Crippen LogP contribution in [0.1, 0.15) is 34.5 Å². The molecule has 140 valence electrons. The first-order valence-corrected chi connectivity index (χ1v) is 8.89. The number of aromatic nitrogens is 5. The number of carbonyl (C=O) groups excluding carboxylic acids is 2. The van der Waals surface area contributed by atoms with E-state index < -0.39 is 5.91 Å². The van der Waals surface area contributed by atoms with Gasteiger partial charge in [0, 0.05) is 18.6 Å². The van der Waals surface area contributed by atoms with Crippen molar-refractivity contribution in [2.24, 2.45) is 0 Å². The SMILES string of the molecule is COCc1c(C(=O)Nc2nc(CC(C)=O)ns2)nnn1-c1ccc(C)cc1. The molecule has 0 fully saturated rings. The van der Waals surface area contributed by atoms with E-state index in [9.17, 15) is 9.59 Å². The Kier molecular flexibility index (Phi) is 5.67. The predicted molar refractivity (Wildman–Crippen MR) is 99.1 cm³/mol. The fraction of sp³-hybridized carbons (Fsp3) is 0.294. The van der Waals surface area contributed by atoms with Crippen LogP contribution in [0.4, 0.5) is 5.13 Å². The topological polar surface area (TPSA) is 112 Å². The Balaban J connectivity index is 1.85. The number of methoxy groups -OCH3 is 1. The number of benzene rings is 1. The van der Waals surface area contributed by atoms with Gasteiger partial charge in [-0.05, 0) is 26.0 Å². The maximum atomic E-state index is 12.6. The van der Waals surface area contributed by atoms with Crippen LogP contribution >= 0.6 is 11.5 Å². The number of anilines is 1. The lowest BCUT2D eigenvalue weighted by Gasteiger charge is -2.07. The van der Waals surface area contributed by atoms with Gasteiger partial charge in [0.15, 0.2) is 11.5 Å². The summed E-state index contributed by atoms with van der Waals surface area (Å²) in [5.74, 6) is -0.136. The number of ether oxygens (including phenoxy) is 1. The second-order valence-corrected chi connectivity index (χ2v) is 6.67. The van der Waals surface area contributed by atoms with E-state index in [1.54, 1.807) is 4.68 Å². The molecular formula is C17H18N6O3S. The highest BCUT2D eigenvalue weighted by Crippen LogP contribution is 2.18. The Morgan fingerprint density at radius 1 is 1.26 bits per heavy atom. The second kappa shape index (κ2) is 8.14. The van der Waals surface area contributed by atoms with Crippen LogP contribution in [0.25, 0.3) is 5.69 Å². The number of hydrogen-bond acceptors (Lipinski definition) is 8. The average molecular weight is 386 g/mol. The monoisotopic (exact) mass is 386 g/mol. The van der Waals surface area contributed by atoms with E-state index >= 15 is 0 Å². The van der Waals surface area contributed by atoms with E-state index in [0.717, 1.165) is 22.8 Å². The first kappa shape index (κ1) is 18.8. The van der Waals surface area contributed by atoms with Gasteiger partial charge in [-0.15, -0.1) is 5.10 Å². The van der Waals surface area contributed by atoms with E-state index in [-0.39, 0.29) is 24.5 Å². The van der Waals surface area contributed by atoms with Gasteiger partial charge in [-0.25, -0.2) is 9.67 Å². The van der Waals surface area contributed by atoms with Gasteiger partial charge in [-0.3, -0.25) is 14.9 Å². The summed E-state index contributed by atoms with van der Waals surface area (Å²) >= 11 is 1.01. The number of nitrogens with one attached hydrogen (secondary N) is 1. The number of rotatable bonds is 7. The lowest BCUT2D eigenvalue weighted by molar-refractivity contribution is -0.116. The van der Waals surface area contributed by atoms with E-state index in [1.165, 1.54) is 14.0 Å². The number of Topliss-reactive ketones (excluding diaryl/α,β-unsaturated/α-hetero) is 1. The Labute approximate surface area is 159 Å². The highest BCUT2D eigenvalue weighted by Gasteiger charge is 2.22. The van der Waals surface area contributed by atoms with E-state index in [2.05, 4.69) is 25.0 Å². The van der Waals surface area contributed by atoms with Crippen LogP contribution in [0.5, 0.6) is 0 Å². The normalized spacial score (nSPS) is 10.8. The number of ketones is 1. The van der Waals surface area contributed by atoms with Crippen LogP contribution in [0, 0.1) is 6.92 Å². The Morgan fingerprint density at radius 2 is 2.00 bits per heavy atom. The van der Waals surface area contributed by atoms with Crippen molar-refractivity contribution in [3.8, 4) is 5.69 Å². The van der Waals surface area contributed by atoms with Crippen molar-refractivity contribution in [3.63, 3.8) is 0 Å². The molecule has 0 atom stereocenters. The molecule has 2 aromatic heterocycles. The minimum absolute atomic E-state index is 0.0471.